The van der Waals surface area contributed by atoms with Gasteiger partial charge in [-0.2, -0.15) is 0 Å². The zero-order chi connectivity index (χ0) is 15.2. The molecule has 0 spiro atoms. The second kappa shape index (κ2) is 7.80. The van der Waals surface area contributed by atoms with Crippen LogP contribution in [0, 0.1) is 13.8 Å². The van der Waals surface area contributed by atoms with Gasteiger partial charge in [-0.05, 0) is 63.3 Å². The summed E-state index contributed by atoms with van der Waals surface area (Å²) in [5, 5.41) is 3.69. The number of rotatable bonds is 8. The molecule has 2 nitrogen and oxygen atoms in total. The summed E-state index contributed by atoms with van der Waals surface area (Å²) in [6.45, 7) is 12.1. The van der Waals surface area contributed by atoms with E-state index in [9.17, 15) is 0 Å². The van der Waals surface area contributed by atoms with Gasteiger partial charge in [0.1, 0.15) is 0 Å². The van der Waals surface area contributed by atoms with Crippen molar-refractivity contribution in [1.29, 1.82) is 0 Å². The van der Waals surface area contributed by atoms with E-state index in [1.54, 1.807) is 0 Å². The Morgan fingerprint density at radius 3 is 2.25 bits per heavy atom. The molecule has 0 bridgehead atoms. The molecule has 1 aromatic carbocycles. The number of hydrogen-bond acceptors (Lipinski definition) is 2. The SMILES string of the molecule is CCCNC(Cc1c(C)cccc1C)C(C)(CC)OC. The molecule has 0 radical (unpaired) electrons. The van der Waals surface area contributed by atoms with Crippen LogP contribution in [0.4, 0.5) is 0 Å². The lowest BCUT2D eigenvalue weighted by atomic mass is 9.85. The third-order valence-electron chi connectivity index (χ3n) is 4.60. The average Bonchev–Trinajstić information content (AvgIpc) is 2.45. The topological polar surface area (TPSA) is 21.3 Å². The minimum Gasteiger partial charge on any atom is -0.377 e. The fourth-order valence-electron chi connectivity index (χ4n) is 2.73. The van der Waals surface area contributed by atoms with Crippen LogP contribution in [-0.4, -0.2) is 25.3 Å². The molecular weight excluding hydrogens is 246 g/mol. The molecule has 2 heteroatoms. The van der Waals surface area contributed by atoms with E-state index in [0.29, 0.717) is 6.04 Å². The lowest BCUT2D eigenvalue weighted by Gasteiger charge is -2.37. The van der Waals surface area contributed by atoms with Gasteiger partial charge in [-0.3, -0.25) is 0 Å². The first-order valence-electron chi connectivity index (χ1n) is 7.82. The highest BCUT2D eigenvalue weighted by molar-refractivity contribution is 5.34. The number of ether oxygens (including phenoxy) is 1. The number of methoxy groups -OCH3 is 1. The Balaban J connectivity index is 3.00. The van der Waals surface area contributed by atoms with E-state index >= 15 is 0 Å². The van der Waals surface area contributed by atoms with Crippen molar-refractivity contribution in [2.24, 2.45) is 0 Å². The molecule has 1 N–H and O–H groups in total. The van der Waals surface area contributed by atoms with Crippen LogP contribution in [-0.2, 0) is 11.2 Å². The van der Waals surface area contributed by atoms with Crippen molar-refractivity contribution in [2.45, 2.75) is 65.5 Å². The van der Waals surface area contributed by atoms with Gasteiger partial charge >= 0.3 is 0 Å². The Bertz CT molecular complexity index is 390. The van der Waals surface area contributed by atoms with Gasteiger partial charge in [-0.15, -0.1) is 0 Å². The molecule has 114 valence electrons. The molecule has 0 aliphatic rings. The molecule has 0 heterocycles. The molecule has 0 aliphatic heterocycles. The van der Waals surface area contributed by atoms with E-state index in [-0.39, 0.29) is 5.60 Å². The van der Waals surface area contributed by atoms with Crippen molar-refractivity contribution in [1.82, 2.24) is 5.32 Å². The maximum atomic E-state index is 5.84. The summed E-state index contributed by atoms with van der Waals surface area (Å²) >= 11 is 0. The van der Waals surface area contributed by atoms with E-state index in [4.69, 9.17) is 4.74 Å². The number of hydrogen-bond donors (Lipinski definition) is 1. The summed E-state index contributed by atoms with van der Waals surface area (Å²) in [6.07, 6.45) is 3.18. The van der Waals surface area contributed by atoms with Crippen LogP contribution < -0.4 is 5.32 Å². The van der Waals surface area contributed by atoms with Crippen LogP contribution >= 0.6 is 0 Å². The van der Waals surface area contributed by atoms with Gasteiger partial charge in [0, 0.05) is 13.2 Å². The van der Waals surface area contributed by atoms with Gasteiger partial charge in [0.15, 0.2) is 0 Å². The van der Waals surface area contributed by atoms with Gasteiger partial charge in [-0.25, -0.2) is 0 Å². The molecule has 0 aromatic heterocycles. The highest BCUT2D eigenvalue weighted by Crippen LogP contribution is 2.25. The Kier molecular flexibility index (Phi) is 6.70. The molecule has 1 aromatic rings. The monoisotopic (exact) mass is 277 g/mol. The predicted molar refractivity (Wildman–Crippen MR) is 87.4 cm³/mol. The predicted octanol–water partition coefficient (Wildman–Crippen LogP) is 4.03. The molecular formula is C18H31NO. The minimum absolute atomic E-state index is 0.121. The Morgan fingerprint density at radius 2 is 1.80 bits per heavy atom. The lowest BCUT2D eigenvalue weighted by molar-refractivity contribution is -0.0287. The van der Waals surface area contributed by atoms with E-state index in [1.165, 1.54) is 16.7 Å². The maximum Gasteiger partial charge on any atom is 0.0803 e. The molecule has 0 saturated heterocycles. The first kappa shape index (κ1) is 17.2. The summed E-state index contributed by atoms with van der Waals surface area (Å²) in [5.41, 5.74) is 4.09. The number of nitrogens with one attached hydrogen (secondary N) is 1. The second-order valence-electron chi connectivity index (χ2n) is 5.95. The summed E-state index contributed by atoms with van der Waals surface area (Å²) < 4.78 is 5.84. The summed E-state index contributed by atoms with van der Waals surface area (Å²) in [4.78, 5) is 0. The van der Waals surface area contributed by atoms with Gasteiger partial charge in [0.2, 0.25) is 0 Å². The van der Waals surface area contributed by atoms with Crippen LogP contribution in [0.3, 0.4) is 0 Å². The molecule has 0 aliphatic carbocycles. The second-order valence-corrected chi connectivity index (χ2v) is 5.95. The summed E-state index contributed by atoms with van der Waals surface area (Å²) in [6, 6.07) is 6.89. The van der Waals surface area contributed by atoms with E-state index < -0.39 is 0 Å². The first-order valence-corrected chi connectivity index (χ1v) is 7.82. The summed E-state index contributed by atoms with van der Waals surface area (Å²) in [7, 11) is 1.83. The van der Waals surface area contributed by atoms with Gasteiger partial charge in [0.25, 0.3) is 0 Å². The normalized spacial score (nSPS) is 15.9. The maximum absolute atomic E-state index is 5.84. The van der Waals surface area contributed by atoms with Crippen molar-refractivity contribution < 1.29 is 4.74 Å². The van der Waals surface area contributed by atoms with Crippen molar-refractivity contribution >= 4 is 0 Å². The van der Waals surface area contributed by atoms with Crippen molar-refractivity contribution in [2.75, 3.05) is 13.7 Å². The largest absolute Gasteiger partial charge is 0.377 e. The zero-order valence-corrected chi connectivity index (χ0v) is 14.0. The van der Waals surface area contributed by atoms with E-state index in [1.807, 2.05) is 7.11 Å². The molecule has 20 heavy (non-hydrogen) atoms. The average molecular weight is 277 g/mol. The lowest BCUT2D eigenvalue weighted by Crippen LogP contribution is -2.51. The van der Waals surface area contributed by atoms with Crippen LogP contribution in [0.25, 0.3) is 0 Å². The van der Waals surface area contributed by atoms with Crippen molar-refractivity contribution in [3.05, 3.63) is 34.9 Å². The number of benzene rings is 1. The first-order chi connectivity index (χ1) is 9.48. The Labute approximate surface area is 124 Å². The molecule has 0 fully saturated rings. The molecule has 2 atom stereocenters. The highest BCUT2D eigenvalue weighted by atomic mass is 16.5. The Hall–Kier alpha value is -0.860. The van der Waals surface area contributed by atoms with Crippen LogP contribution in [0.15, 0.2) is 18.2 Å². The quantitative estimate of drug-likeness (QED) is 0.774. The van der Waals surface area contributed by atoms with Crippen LogP contribution in [0.2, 0.25) is 0 Å². The molecule has 0 amide bonds. The molecule has 1 rings (SSSR count). The zero-order valence-electron chi connectivity index (χ0n) is 14.0. The smallest absolute Gasteiger partial charge is 0.0803 e. The minimum atomic E-state index is -0.121. The van der Waals surface area contributed by atoms with E-state index in [0.717, 1.165) is 25.8 Å². The van der Waals surface area contributed by atoms with Crippen LogP contribution in [0.1, 0.15) is 50.3 Å². The fourth-order valence-corrected chi connectivity index (χ4v) is 2.73. The van der Waals surface area contributed by atoms with Gasteiger partial charge < -0.3 is 10.1 Å². The van der Waals surface area contributed by atoms with E-state index in [2.05, 4.69) is 58.1 Å². The molecule has 0 saturated carbocycles. The van der Waals surface area contributed by atoms with Crippen molar-refractivity contribution in [3.8, 4) is 0 Å². The standard InChI is InChI=1S/C18H31NO/c1-7-12-19-17(18(5,8-2)20-6)13-16-14(3)10-9-11-15(16)4/h9-11,17,19H,7-8,12-13H2,1-6H3. The fraction of sp³-hybridized carbons (Fsp3) is 0.667. The third kappa shape index (κ3) is 4.07. The summed E-state index contributed by atoms with van der Waals surface area (Å²) in [5.74, 6) is 0. The van der Waals surface area contributed by atoms with Crippen molar-refractivity contribution in [3.63, 3.8) is 0 Å². The number of aryl methyl sites for hydroxylation is 2. The third-order valence-corrected chi connectivity index (χ3v) is 4.60. The van der Waals surface area contributed by atoms with Gasteiger partial charge in [0.05, 0.1) is 5.60 Å². The van der Waals surface area contributed by atoms with Crippen LogP contribution in [0.5, 0.6) is 0 Å². The Morgan fingerprint density at radius 1 is 1.20 bits per heavy atom. The van der Waals surface area contributed by atoms with Gasteiger partial charge in [-0.1, -0.05) is 32.0 Å². The highest BCUT2D eigenvalue weighted by Gasteiger charge is 2.32. The molecule has 2 unspecified atom stereocenters.